The smallest absolute Gasteiger partial charge is 0.326 e. The van der Waals surface area contributed by atoms with Crippen LogP contribution < -0.4 is 10.7 Å². The fourth-order valence-corrected chi connectivity index (χ4v) is 3.10. The van der Waals surface area contributed by atoms with Gasteiger partial charge in [0, 0.05) is 31.0 Å². The van der Waals surface area contributed by atoms with Crippen molar-refractivity contribution in [3.8, 4) is 0 Å². The normalized spacial score (nSPS) is 18.1. The minimum atomic E-state index is -4.79. The highest BCUT2D eigenvalue weighted by Crippen LogP contribution is 2.36. The van der Waals surface area contributed by atoms with E-state index in [0.717, 1.165) is 30.7 Å². The molecule has 0 amide bonds. The number of halogens is 4. The van der Waals surface area contributed by atoms with Crippen molar-refractivity contribution < 1.29 is 17.6 Å². The second kappa shape index (κ2) is 7.77. The number of aryl methyl sites for hydroxylation is 1. The van der Waals surface area contributed by atoms with Gasteiger partial charge in [0.05, 0.1) is 11.3 Å². The molecule has 2 heterocycles. The molecular formula is C18H21F4N5. The lowest BCUT2D eigenvalue weighted by Crippen LogP contribution is -2.40. The van der Waals surface area contributed by atoms with Crippen LogP contribution in [0.15, 0.2) is 30.5 Å². The monoisotopic (exact) mass is 383 g/mol. The maximum atomic E-state index is 13.7. The van der Waals surface area contributed by atoms with Crippen LogP contribution in [0.1, 0.15) is 31.0 Å². The standard InChI is InChI=1S/C18H21F4N5/c1-2-3-13-6-8-24-17(25-13)27(26-9-7-12(23)11-26)14-4-5-16(19)15(10-14)18(20,21)22/h4-6,8,10,12H,2-3,7,9,11,23H2,1H3/t12-/m0/s1. The molecule has 0 radical (unpaired) electrons. The minimum Gasteiger partial charge on any atom is -0.326 e. The van der Waals surface area contributed by atoms with Crippen molar-refractivity contribution in [1.29, 1.82) is 0 Å². The van der Waals surface area contributed by atoms with Crippen LogP contribution in [0.2, 0.25) is 0 Å². The third-order valence-corrected chi connectivity index (χ3v) is 4.38. The van der Waals surface area contributed by atoms with Gasteiger partial charge in [-0.1, -0.05) is 13.3 Å². The van der Waals surface area contributed by atoms with E-state index < -0.39 is 17.6 Å². The number of alkyl halides is 3. The van der Waals surface area contributed by atoms with Crippen molar-refractivity contribution in [3.63, 3.8) is 0 Å². The Morgan fingerprint density at radius 3 is 2.70 bits per heavy atom. The van der Waals surface area contributed by atoms with Gasteiger partial charge in [0.25, 0.3) is 0 Å². The number of nitrogens with zero attached hydrogens (tertiary/aromatic N) is 4. The van der Waals surface area contributed by atoms with E-state index in [9.17, 15) is 17.6 Å². The Morgan fingerprint density at radius 2 is 2.07 bits per heavy atom. The first kappa shape index (κ1) is 19.5. The molecule has 3 rings (SSSR count). The van der Waals surface area contributed by atoms with Gasteiger partial charge >= 0.3 is 6.18 Å². The lowest BCUT2D eigenvalue weighted by atomic mass is 10.1. The second-order valence-corrected chi connectivity index (χ2v) is 6.53. The van der Waals surface area contributed by atoms with Gasteiger partial charge in [-0.05, 0) is 37.1 Å². The van der Waals surface area contributed by atoms with E-state index in [-0.39, 0.29) is 17.7 Å². The lowest BCUT2D eigenvalue weighted by molar-refractivity contribution is -0.139. The first-order chi connectivity index (χ1) is 12.8. The molecule has 0 unspecified atom stereocenters. The molecule has 1 aliphatic rings. The van der Waals surface area contributed by atoms with Gasteiger partial charge in [-0.2, -0.15) is 13.2 Å². The van der Waals surface area contributed by atoms with E-state index in [4.69, 9.17) is 5.73 Å². The van der Waals surface area contributed by atoms with Crippen molar-refractivity contribution in [2.45, 2.75) is 38.4 Å². The molecule has 1 atom stereocenters. The van der Waals surface area contributed by atoms with Crippen LogP contribution >= 0.6 is 0 Å². The zero-order valence-electron chi connectivity index (χ0n) is 14.9. The molecule has 5 nitrogen and oxygen atoms in total. The summed E-state index contributed by atoms with van der Waals surface area (Å²) in [7, 11) is 0. The summed E-state index contributed by atoms with van der Waals surface area (Å²) in [5.41, 5.74) is 5.58. The van der Waals surface area contributed by atoms with Gasteiger partial charge in [-0.3, -0.25) is 0 Å². The van der Waals surface area contributed by atoms with Crippen LogP contribution in [-0.4, -0.2) is 34.1 Å². The maximum absolute atomic E-state index is 13.7. The number of rotatable bonds is 5. The Morgan fingerprint density at radius 1 is 1.30 bits per heavy atom. The Bertz CT molecular complexity index is 796. The Labute approximate surface area is 154 Å². The third kappa shape index (κ3) is 4.36. The number of anilines is 2. The number of benzene rings is 1. The van der Waals surface area contributed by atoms with Crippen LogP contribution in [0.5, 0.6) is 0 Å². The summed E-state index contributed by atoms with van der Waals surface area (Å²) in [6, 6.07) is 4.57. The van der Waals surface area contributed by atoms with Gasteiger partial charge in [0.15, 0.2) is 0 Å². The molecule has 1 aromatic heterocycles. The van der Waals surface area contributed by atoms with Gasteiger partial charge in [-0.15, -0.1) is 0 Å². The largest absolute Gasteiger partial charge is 0.419 e. The van der Waals surface area contributed by atoms with E-state index in [1.165, 1.54) is 11.1 Å². The number of aromatic nitrogens is 2. The van der Waals surface area contributed by atoms with E-state index in [1.54, 1.807) is 17.3 Å². The zero-order valence-corrected chi connectivity index (χ0v) is 14.9. The van der Waals surface area contributed by atoms with Crippen LogP contribution in [0.3, 0.4) is 0 Å². The predicted octanol–water partition coefficient (Wildman–Crippen LogP) is 3.67. The molecule has 2 N–H and O–H groups in total. The van der Waals surface area contributed by atoms with Gasteiger partial charge in [0.2, 0.25) is 5.95 Å². The lowest BCUT2D eigenvalue weighted by Gasteiger charge is -2.32. The summed E-state index contributed by atoms with van der Waals surface area (Å²) in [6.45, 7) is 3.00. The van der Waals surface area contributed by atoms with Crippen LogP contribution in [0.4, 0.5) is 29.2 Å². The number of hydrazine groups is 1. The molecule has 0 bridgehead atoms. The Hall–Kier alpha value is -2.26. The number of hydrogen-bond donors (Lipinski definition) is 1. The average molecular weight is 383 g/mol. The van der Waals surface area contributed by atoms with Crippen molar-refractivity contribution in [3.05, 3.63) is 47.5 Å². The van der Waals surface area contributed by atoms with Gasteiger partial charge in [-0.25, -0.2) is 24.4 Å². The molecule has 9 heteroatoms. The zero-order chi connectivity index (χ0) is 19.6. The van der Waals surface area contributed by atoms with E-state index >= 15 is 0 Å². The van der Waals surface area contributed by atoms with Gasteiger partial charge in [0.1, 0.15) is 5.82 Å². The SMILES string of the molecule is CCCc1ccnc(N(c2ccc(F)c(C(F)(F)F)c2)N2CC[C@H](N)C2)n1. The average Bonchev–Trinajstić information content (AvgIpc) is 3.02. The van der Waals surface area contributed by atoms with E-state index in [1.807, 2.05) is 6.92 Å². The molecule has 146 valence electrons. The van der Waals surface area contributed by atoms with Crippen LogP contribution in [-0.2, 0) is 12.6 Å². The molecule has 1 aliphatic heterocycles. The molecular weight excluding hydrogens is 362 g/mol. The highest BCUT2D eigenvalue weighted by Gasteiger charge is 2.36. The highest BCUT2D eigenvalue weighted by molar-refractivity contribution is 5.57. The second-order valence-electron chi connectivity index (χ2n) is 6.53. The summed E-state index contributed by atoms with van der Waals surface area (Å²) in [5, 5.41) is 3.30. The van der Waals surface area contributed by atoms with Gasteiger partial charge < -0.3 is 5.73 Å². The number of hydrogen-bond acceptors (Lipinski definition) is 5. The molecule has 0 aliphatic carbocycles. The fourth-order valence-electron chi connectivity index (χ4n) is 3.10. The maximum Gasteiger partial charge on any atom is 0.419 e. The fraction of sp³-hybridized carbons (Fsp3) is 0.444. The quantitative estimate of drug-likeness (QED) is 0.799. The molecule has 0 spiro atoms. The summed E-state index contributed by atoms with van der Waals surface area (Å²) >= 11 is 0. The third-order valence-electron chi connectivity index (χ3n) is 4.38. The summed E-state index contributed by atoms with van der Waals surface area (Å²) < 4.78 is 53.3. The highest BCUT2D eigenvalue weighted by atomic mass is 19.4. The Kier molecular flexibility index (Phi) is 5.61. The molecule has 1 saturated heterocycles. The van der Waals surface area contributed by atoms with E-state index in [2.05, 4.69) is 9.97 Å². The summed E-state index contributed by atoms with van der Waals surface area (Å²) in [5.74, 6) is -1.07. The number of nitrogens with two attached hydrogens (primary N) is 1. The van der Waals surface area contributed by atoms with Crippen molar-refractivity contribution in [2.24, 2.45) is 5.73 Å². The van der Waals surface area contributed by atoms with Crippen molar-refractivity contribution in [2.75, 3.05) is 18.1 Å². The van der Waals surface area contributed by atoms with Crippen LogP contribution in [0, 0.1) is 5.82 Å². The molecule has 1 fully saturated rings. The van der Waals surface area contributed by atoms with Crippen LogP contribution in [0.25, 0.3) is 0 Å². The Balaban J connectivity index is 2.07. The van der Waals surface area contributed by atoms with Crippen molar-refractivity contribution in [1.82, 2.24) is 15.0 Å². The molecule has 2 aromatic rings. The minimum absolute atomic E-state index is 0.103. The van der Waals surface area contributed by atoms with E-state index in [0.29, 0.717) is 19.5 Å². The first-order valence-corrected chi connectivity index (χ1v) is 8.79. The predicted molar refractivity (Wildman–Crippen MR) is 93.7 cm³/mol. The first-order valence-electron chi connectivity index (χ1n) is 8.79. The molecule has 27 heavy (non-hydrogen) atoms. The van der Waals surface area contributed by atoms with Crippen molar-refractivity contribution >= 4 is 11.6 Å². The summed E-state index contributed by atoms with van der Waals surface area (Å²) in [4.78, 5) is 8.72. The molecule has 1 aromatic carbocycles. The molecule has 0 saturated carbocycles. The summed E-state index contributed by atoms with van der Waals surface area (Å²) in [6.07, 6.45) is -0.930. The topological polar surface area (TPSA) is 58.3 Å².